The number of nitrogens with zero attached hydrogens (tertiary/aromatic N) is 1. The van der Waals surface area contributed by atoms with Crippen molar-refractivity contribution in [2.24, 2.45) is 0 Å². The molecule has 1 fully saturated rings. The van der Waals surface area contributed by atoms with Gasteiger partial charge in [-0.3, -0.25) is 9.69 Å². The summed E-state index contributed by atoms with van der Waals surface area (Å²) >= 11 is 0. The predicted octanol–water partition coefficient (Wildman–Crippen LogP) is 0.162. The lowest BCUT2D eigenvalue weighted by atomic mass is 9.99. The van der Waals surface area contributed by atoms with Crippen LogP contribution in [0, 0.1) is 0 Å². The van der Waals surface area contributed by atoms with Crippen molar-refractivity contribution in [3.05, 3.63) is 0 Å². The molecule has 0 saturated carbocycles. The molecule has 2 N–H and O–H groups in total. The maximum Gasteiger partial charge on any atom is 0.323 e. The van der Waals surface area contributed by atoms with E-state index in [1.54, 1.807) is 6.92 Å². The molecule has 0 spiro atoms. The van der Waals surface area contributed by atoms with Crippen LogP contribution in [0.1, 0.15) is 20.3 Å². The number of hydrogen-bond acceptors (Lipinski definition) is 4. The van der Waals surface area contributed by atoms with Gasteiger partial charge < -0.3 is 15.2 Å². The first-order valence-electron chi connectivity index (χ1n) is 5.87. The van der Waals surface area contributed by atoms with E-state index in [9.17, 15) is 4.79 Å². The standard InChI is InChI=1S/C11H22N2O3/c1-3-11(2,10(14)15)12-4-5-13-6-8-16-9-7-13/h12H,3-9H2,1-2H3,(H,14,15). The van der Waals surface area contributed by atoms with E-state index in [-0.39, 0.29) is 0 Å². The van der Waals surface area contributed by atoms with Crippen molar-refractivity contribution in [2.75, 3.05) is 39.4 Å². The Balaban J connectivity index is 2.25. The molecule has 1 aliphatic rings. The largest absolute Gasteiger partial charge is 0.480 e. The normalized spacial score (nSPS) is 21.6. The number of nitrogens with one attached hydrogen (secondary N) is 1. The third-order valence-electron chi connectivity index (χ3n) is 3.23. The van der Waals surface area contributed by atoms with Crippen molar-refractivity contribution in [3.63, 3.8) is 0 Å². The van der Waals surface area contributed by atoms with Gasteiger partial charge in [0.05, 0.1) is 13.2 Å². The molecule has 1 rings (SSSR count). The van der Waals surface area contributed by atoms with Crippen molar-refractivity contribution < 1.29 is 14.6 Å². The van der Waals surface area contributed by atoms with Crippen molar-refractivity contribution in [1.82, 2.24) is 10.2 Å². The molecule has 0 aromatic carbocycles. The van der Waals surface area contributed by atoms with E-state index in [0.717, 1.165) is 32.8 Å². The van der Waals surface area contributed by atoms with Crippen LogP contribution in [-0.2, 0) is 9.53 Å². The molecule has 16 heavy (non-hydrogen) atoms. The monoisotopic (exact) mass is 230 g/mol. The summed E-state index contributed by atoms with van der Waals surface area (Å²) in [6.07, 6.45) is 0.589. The molecule has 0 aromatic rings. The third kappa shape index (κ3) is 3.73. The summed E-state index contributed by atoms with van der Waals surface area (Å²) in [6, 6.07) is 0. The lowest BCUT2D eigenvalue weighted by Crippen LogP contribution is -2.52. The second kappa shape index (κ2) is 6.18. The SMILES string of the molecule is CCC(C)(NCCN1CCOCC1)C(=O)O. The van der Waals surface area contributed by atoms with Crippen molar-refractivity contribution in [2.45, 2.75) is 25.8 Å². The zero-order valence-electron chi connectivity index (χ0n) is 10.2. The van der Waals surface area contributed by atoms with Gasteiger partial charge in [-0.15, -0.1) is 0 Å². The maximum atomic E-state index is 11.0. The van der Waals surface area contributed by atoms with Crippen LogP contribution in [-0.4, -0.2) is 60.9 Å². The molecule has 0 radical (unpaired) electrons. The molecule has 1 atom stereocenters. The molecule has 1 aliphatic heterocycles. The van der Waals surface area contributed by atoms with Gasteiger partial charge in [0, 0.05) is 26.2 Å². The zero-order valence-corrected chi connectivity index (χ0v) is 10.2. The second-order valence-electron chi connectivity index (χ2n) is 4.37. The molecular weight excluding hydrogens is 208 g/mol. The summed E-state index contributed by atoms with van der Waals surface area (Å²) in [4.78, 5) is 13.3. The molecule has 1 unspecified atom stereocenters. The van der Waals surface area contributed by atoms with Gasteiger partial charge in [-0.1, -0.05) is 6.92 Å². The molecular formula is C11H22N2O3. The number of carboxylic acids is 1. The van der Waals surface area contributed by atoms with Gasteiger partial charge in [-0.25, -0.2) is 0 Å². The molecule has 0 aromatic heterocycles. The van der Waals surface area contributed by atoms with Gasteiger partial charge in [0.25, 0.3) is 0 Å². The molecule has 1 saturated heterocycles. The summed E-state index contributed by atoms with van der Waals surface area (Å²) < 4.78 is 5.25. The van der Waals surface area contributed by atoms with Crippen LogP contribution in [0.4, 0.5) is 0 Å². The summed E-state index contributed by atoms with van der Waals surface area (Å²) in [6.45, 7) is 8.65. The second-order valence-corrected chi connectivity index (χ2v) is 4.37. The summed E-state index contributed by atoms with van der Waals surface area (Å²) in [5, 5.41) is 12.2. The third-order valence-corrected chi connectivity index (χ3v) is 3.23. The smallest absolute Gasteiger partial charge is 0.323 e. The van der Waals surface area contributed by atoms with Crippen LogP contribution < -0.4 is 5.32 Å². The quantitative estimate of drug-likeness (QED) is 0.680. The summed E-state index contributed by atoms with van der Waals surface area (Å²) in [5.74, 6) is -0.781. The molecule has 0 bridgehead atoms. The number of aliphatic carboxylic acids is 1. The van der Waals surface area contributed by atoms with E-state index < -0.39 is 11.5 Å². The Kier molecular flexibility index (Phi) is 5.18. The van der Waals surface area contributed by atoms with Crippen molar-refractivity contribution >= 4 is 5.97 Å². The molecule has 94 valence electrons. The van der Waals surface area contributed by atoms with Crippen molar-refractivity contribution in [1.29, 1.82) is 0 Å². The minimum atomic E-state index is -0.799. The topological polar surface area (TPSA) is 61.8 Å². The van der Waals surface area contributed by atoms with Gasteiger partial charge in [0.1, 0.15) is 5.54 Å². The Morgan fingerprint density at radius 2 is 2.12 bits per heavy atom. The van der Waals surface area contributed by atoms with Crippen LogP contribution in [0.15, 0.2) is 0 Å². The van der Waals surface area contributed by atoms with Crippen LogP contribution in [0.5, 0.6) is 0 Å². The van der Waals surface area contributed by atoms with E-state index in [4.69, 9.17) is 9.84 Å². The minimum Gasteiger partial charge on any atom is -0.480 e. The highest BCUT2D eigenvalue weighted by Crippen LogP contribution is 2.08. The van der Waals surface area contributed by atoms with Crippen LogP contribution >= 0.6 is 0 Å². The van der Waals surface area contributed by atoms with Gasteiger partial charge in [0.15, 0.2) is 0 Å². The van der Waals surface area contributed by atoms with Gasteiger partial charge >= 0.3 is 5.97 Å². The number of hydrogen-bond donors (Lipinski definition) is 2. The van der Waals surface area contributed by atoms with Gasteiger partial charge in [0.2, 0.25) is 0 Å². The van der Waals surface area contributed by atoms with Crippen LogP contribution in [0.3, 0.4) is 0 Å². The fourth-order valence-electron chi connectivity index (χ4n) is 1.67. The lowest BCUT2D eigenvalue weighted by molar-refractivity contribution is -0.144. The lowest BCUT2D eigenvalue weighted by Gasteiger charge is -2.29. The van der Waals surface area contributed by atoms with E-state index in [1.165, 1.54) is 0 Å². The number of ether oxygens (including phenoxy) is 1. The Bertz CT molecular complexity index is 229. The number of morpholine rings is 1. The molecule has 0 aliphatic carbocycles. The molecule has 0 amide bonds. The Morgan fingerprint density at radius 3 is 2.62 bits per heavy atom. The fourth-order valence-corrected chi connectivity index (χ4v) is 1.67. The van der Waals surface area contributed by atoms with E-state index in [0.29, 0.717) is 13.0 Å². The zero-order chi connectivity index (χ0) is 12.0. The van der Waals surface area contributed by atoms with E-state index in [2.05, 4.69) is 10.2 Å². The Morgan fingerprint density at radius 1 is 1.50 bits per heavy atom. The molecule has 5 heteroatoms. The Hall–Kier alpha value is -0.650. The van der Waals surface area contributed by atoms with E-state index in [1.807, 2.05) is 6.92 Å². The minimum absolute atomic E-state index is 0.589. The summed E-state index contributed by atoms with van der Waals surface area (Å²) in [7, 11) is 0. The first kappa shape index (κ1) is 13.4. The van der Waals surface area contributed by atoms with E-state index >= 15 is 0 Å². The number of carbonyl (C=O) groups is 1. The predicted molar refractivity (Wildman–Crippen MR) is 61.6 cm³/mol. The summed E-state index contributed by atoms with van der Waals surface area (Å²) in [5.41, 5.74) is -0.799. The first-order chi connectivity index (χ1) is 7.58. The highest BCUT2D eigenvalue weighted by Gasteiger charge is 2.30. The van der Waals surface area contributed by atoms with Crippen molar-refractivity contribution in [3.8, 4) is 0 Å². The van der Waals surface area contributed by atoms with Gasteiger partial charge in [-0.05, 0) is 13.3 Å². The number of carboxylic acid groups (broad SMARTS) is 1. The number of rotatable bonds is 6. The average Bonchev–Trinajstić information content (AvgIpc) is 2.30. The highest BCUT2D eigenvalue weighted by atomic mass is 16.5. The highest BCUT2D eigenvalue weighted by molar-refractivity contribution is 5.78. The average molecular weight is 230 g/mol. The first-order valence-corrected chi connectivity index (χ1v) is 5.87. The maximum absolute atomic E-state index is 11.0. The molecule has 1 heterocycles. The van der Waals surface area contributed by atoms with Crippen LogP contribution in [0.25, 0.3) is 0 Å². The Labute approximate surface area is 96.8 Å². The van der Waals surface area contributed by atoms with Gasteiger partial charge in [-0.2, -0.15) is 0 Å². The van der Waals surface area contributed by atoms with Crippen LogP contribution in [0.2, 0.25) is 0 Å². The fraction of sp³-hybridized carbons (Fsp3) is 0.909. The molecule has 5 nitrogen and oxygen atoms in total.